The fourth-order valence-electron chi connectivity index (χ4n) is 2.41. The fourth-order valence-corrected chi connectivity index (χ4v) is 2.41. The molecule has 0 aliphatic carbocycles. The molecule has 0 saturated carbocycles. The number of rotatable bonds is 5. The van der Waals surface area contributed by atoms with Crippen molar-refractivity contribution in [3.63, 3.8) is 0 Å². The maximum absolute atomic E-state index is 12.1. The van der Waals surface area contributed by atoms with Crippen LogP contribution in [-0.4, -0.2) is 31.5 Å². The lowest BCUT2D eigenvalue weighted by atomic mass is 10.1. The lowest BCUT2D eigenvalue weighted by molar-refractivity contribution is -0.117. The minimum Gasteiger partial charge on any atom is -0.497 e. The van der Waals surface area contributed by atoms with Crippen LogP contribution in [-0.2, 0) is 9.59 Å². The molecule has 1 heterocycles. The van der Waals surface area contributed by atoms with Crippen LogP contribution in [0.15, 0.2) is 18.2 Å². The van der Waals surface area contributed by atoms with Crippen LogP contribution in [0.3, 0.4) is 0 Å². The van der Waals surface area contributed by atoms with Crippen LogP contribution in [0.4, 0.5) is 11.4 Å². The minimum absolute atomic E-state index is 0.0748. The maximum atomic E-state index is 12.1. The van der Waals surface area contributed by atoms with E-state index in [1.165, 1.54) is 6.92 Å². The van der Waals surface area contributed by atoms with Crippen LogP contribution >= 0.6 is 0 Å². The first-order valence-electron chi connectivity index (χ1n) is 7.07. The van der Waals surface area contributed by atoms with E-state index in [0.29, 0.717) is 23.5 Å². The first-order chi connectivity index (χ1) is 10.1. The lowest BCUT2D eigenvalue weighted by Gasteiger charge is -2.14. The number of nitrogens with one attached hydrogen (secondary N) is 3. The van der Waals surface area contributed by atoms with Crippen molar-refractivity contribution in [1.29, 1.82) is 0 Å². The summed E-state index contributed by atoms with van der Waals surface area (Å²) in [6.45, 7) is 2.40. The number of hydrogen-bond donors (Lipinski definition) is 3. The molecule has 114 valence electrons. The Kier molecular flexibility index (Phi) is 5.16. The summed E-state index contributed by atoms with van der Waals surface area (Å²) in [5.74, 6) is 0.362. The van der Waals surface area contributed by atoms with Gasteiger partial charge in [-0.1, -0.05) is 0 Å². The molecule has 1 aromatic rings. The molecule has 1 atom stereocenters. The van der Waals surface area contributed by atoms with E-state index < -0.39 is 0 Å². The largest absolute Gasteiger partial charge is 0.497 e. The van der Waals surface area contributed by atoms with Gasteiger partial charge in [0.1, 0.15) is 5.75 Å². The number of carbonyl (C=O) groups excluding carboxylic acids is 2. The lowest BCUT2D eigenvalue weighted by Crippen LogP contribution is -2.27. The van der Waals surface area contributed by atoms with Gasteiger partial charge in [-0.15, -0.1) is 0 Å². The molecule has 1 fully saturated rings. The Morgan fingerprint density at radius 2 is 2.14 bits per heavy atom. The predicted octanol–water partition coefficient (Wildman–Crippen LogP) is 1.73. The molecule has 1 aliphatic heterocycles. The third-order valence-electron chi connectivity index (χ3n) is 3.41. The number of methoxy groups -OCH3 is 1. The van der Waals surface area contributed by atoms with Gasteiger partial charge in [-0.3, -0.25) is 9.59 Å². The van der Waals surface area contributed by atoms with Crippen LogP contribution in [0.5, 0.6) is 5.75 Å². The van der Waals surface area contributed by atoms with Gasteiger partial charge in [0, 0.05) is 25.5 Å². The second-order valence-electron chi connectivity index (χ2n) is 5.14. The predicted molar refractivity (Wildman–Crippen MR) is 81.6 cm³/mol. The molecular formula is C15H21N3O3. The summed E-state index contributed by atoms with van der Waals surface area (Å²) in [4.78, 5) is 23.3. The molecule has 2 rings (SSSR count). The zero-order valence-electron chi connectivity index (χ0n) is 12.4. The second kappa shape index (κ2) is 7.08. The van der Waals surface area contributed by atoms with Crippen molar-refractivity contribution in [1.82, 2.24) is 5.32 Å². The zero-order valence-corrected chi connectivity index (χ0v) is 12.4. The Morgan fingerprint density at radius 3 is 2.76 bits per heavy atom. The van der Waals surface area contributed by atoms with E-state index in [4.69, 9.17) is 4.74 Å². The van der Waals surface area contributed by atoms with E-state index in [9.17, 15) is 9.59 Å². The molecule has 6 nitrogen and oxygen atoms in total. The van der Waals surface area contributed by atoms with Crippen LogP contribution in [0.25, 0.3) is 0 Å². The highest BCUT2D eigenvalue weighted by Gasteiger charge is 2.18. The molecule has 0 bridgehead atoms. The molecule has 6 heteroatoms. The normalized spacial score (nSPS) is 17.3. The van der Waals surface area contributed by atoms with Gasteiger partial charge < -0.3 is 20.7 Å². The maximum Gasteiger partial charge on any atom is 0.225 e. The van der Waals surface area contributed by atoms with Crippen molar-refractivity contribution in [2.75, 3.05) is 24.3 Å². The molecule has 1 unspecified atom stereocenters. The number of amides is 2. The van der Waals surface area contributed by atoms with Crippen molar-refractivity contribution in [3.8, 4) is 5.75 Å². The van der Waals surface area contributed by atoms with E-state index in [0.717, 1.165) is 19.4 Å². The smallest absolute Gasteiger partial charge is 0.225 e. The van der Waals surface area contributed by atoms with Gasteiger partial charge in [-0.2, -0.15) is 0 Å². The van der Waals surface area contributed by atoms with E-state index in [2.05, 4.69) is 16.0 Å². The first-order valence-corrected chi connectivity index (χ1v) is 7.07. The van der Waals surface area contributed by atoms with Crippen molar-refractivity contribution in [2.24, 2.45) is 0 Å². The van der Waals surface area contributed by atoms with Gasteiger partial charge in [-0.25, -0.2) is 0 Å². The van der Waals surface area contributed by atoms with Gasteiger partial charge in [0.15, 0.2) is 0 Å². The first kappa shape index (κ1) is 15.3. The quantitative estimate of drug-likeness (QED) is 0.772. The molecule has 1 saturated heterocycles. The van der Waals surface area contributed by atoms with Gasteiger partial charge in [0.05, 0.1) is 18.5 Å². The fraction of sp³-hybridized carbons (Fsp3) is 0.467. The number of ether oxygens (including phenoxy) is 1. The highest BCUT2D eigenvalue weighted by atomic mass is 16.5. The van der Waals surface area contributed by atoms with Gasteiger partial charge in [0.2, 0.25) is 11.8 Å². The summed E-state index contributed by atoms with van der Waals surface area (Å²) < 4.78 is 5.15. The summed E-state index contributed by atoms with van der Waals surface area (Å²) in [6.07, 6.45) is 2.55. The Balaban J connectivity index is 2.08. The second-order valence-corrected chi connectivity index (χ2v) is 5.14. The Bertz CT molecular complexity index is 525. The summed E-state index contributed by atoms with van der Waals surface area (Å²) in [5, 5.41) is 8.83. The molecule has 21 heavy (non-hydrogen) atoms. The zero-order chi connectivity index (χ0) is 15.2. The standard InChI is InChI=1S/C15H21N3O3/c1-10(19)17-13-6-5-12(21-2)9-14(13)18-15(20)8-11-4-3-7-16-11/h5-6,9,11,16H,3-4,7-8H2,1-2H3,(H,17,19)(H,18,20). The molecule has 2 amide bonds. The molecular weight excluding hydrogens is 270 g/mol. The van der Waals surface area contributed by atoms with E-state index in [-0.39, 0.29) is 17.9 Å². The number of benzene rings is 1. The van der Waals surface area contributed by atoms with Crippen LogP contribution in [0.2, 0.25) is 0 Å². The average Bonchev–Trinajstić information content (AvgIpc) is 2.93. The highest BCUT2D eigenvalue weighted by molar-refractivity contribution is 5.99. The Labute approximate surface area is 124 Å². The monoisotopic (exact) mass is 291 g/mol. The topological polar surface area (TPSA) is 79.5 Å². The van der Waals surface area contributed by atoms with Crippen molar-refractivity contribution in [3.05, 3.63) is 18.2 Å². The van der Waals surface area contributed by atoms with E-state index in [1.54, 1.807) is 25.3 Å². The molecule has 3 N–H and O–H groups in total. The summed E-state index contributed by atoms with van der Waals surface area (Å²) >= 11 is 0. The van der Waals surface area contributed by atoms with E-state index >= 15 is 0 Å². The molecule has 0 radical (unpaired) electrons. The third-order valence-corrected chi connectivity index (χ3v) is 3.41. The van der Waals surface area contributed by atoms with Crippen molar-refractivity contribution in [2.45, 2.75) is 32.2 Å². The number of hydrogen-bond acceptors (Lipinski definition) is 4. The number of carbonyl (C=O) groups is 2. The SMILES string of the molecule is COc1ccc(NC(C)=O)c(NC(=O)CC2CCCN2)c1. The molecule has 1 aromatic carbocycles. The van der Waals surface area contributed by atoms with Crippen molar-refractivity contribution >= 4 is 23.2 Å². The van der Waals surface area contributed by atoms with Gasteiger partial charge in [-0.05, 0) is 31.5 Å². The van der Waals surface area contributed by atoms with Crippen molar-refractivity contribution < 1.29 is 14.3 Å². The van der Waals surface area contributed by atoms with Crippen LogP contribution < -0.4 is 20.7 Å². The number of anilines is 2. The molecule has 1 aliphatic rings. The van der Waals surface area contributed by atoms with E-state index in [1.807, 2.05) is 0 Å². The average molecular weight is 291 g/mol. The highest BCUT2D eigenvalue weighted by Crippen LogP contribution is 2.27. The van der Waals surface area contributed by atoms with Crippen LogP contribution in [0, 0.1) is 0 Å². The van der Waals surface area contributed by atoms with Crippen LogP contribution in [0.1, 0.15) is 26.2 Å². The van der Waals surface area contributed by atoms with Gasteiger partial charge >= 0.3 is 0 Å². The van der Waals surface area contributed by atoms with Gasteiger partial charge in [0.25, 0.3) is 0 Å². The Morgan fingerprint density at radius 1 is 1.33 bits per heavy atom. The third kappa shape index (κ3) is 4.46. The molecule has 0 aromatic heterocycles. The summed E-state index contributed by atoms with van der Waals surface area (Å²) in [6, 6.07) is 5.38. The molecule has 0 spiro atoms. The summed E-state index contributed by atoms with van der Waals surface area (Å²) in [5.41, 5.74) is 1.11. The Hall–Kier alpha value is -2.08. The summed E-state index contributed by atoms with van der Waals surface area (Å²) in [7, 11) is 1.56. The minimum atomic E-state index is -0.187.